The molecule has 3 rings (SSSR count). The van der Waals surface area contributed by atoms with E-state index in [0.29, 0.717) is 11.4 Å². The first kappa shape index (κ1) is 20.8. The van der Waals surface area contributed by atoms with E-state index in [9.17, 15) is 13.2 Å². The van der Waals surface area contributed by atoms with Crippen LogP contribution in [0.2, 0.25) is 0 Å². The number of ether oxygens (including phenoxy) is 2. The van der Waals surface area contributed by atoms with Crippen LogP contribution >= 0.6 is 0 Å². The quantitative estimate of drug-likeness (QED) is 0.525. The van der Waals surface area contributed by atoms with Crippen molar-refractivity contribution in [2.45, 2.75) is 4.90 Å². The van der Waals surface area contributed by atoms with Crippen LogP contribution in [0.25, 0.3) is 10.8 Å². The Hall–Kier alpha value is -2.94. The van der Waals surface area contributed by atoms with E-state index in [0.717, 1.165) is 10.8 Å². The molecule has 152 valence electrons. The molecule has 0 aliphatic carbocycles. The summed E-state index contributed by atoms with van der Waals surface area (Å²) in [6.45, 7) is 0.277. The van der Waals surface area contributed by atoms with Gasteiger partial charge < -0.3 is 14.8 Å². The lowest BCUT2D eigenvalue weighted by atomic mass is 10.1. The van der Waals surface area contributed by atoms with Crippen LogP contribution in [0.1, 0.15) is 0 Å². The second-order valence-corrected chi connectivity index (χ2v) is 7.99. The van der Waals surface area contributed by atoms with Crippen LogP contribution in [0.3, 0.4) is 0 Å². The van der Waals surface area contributed by atoms with Gasteiger partial charge in [-0.1, -0.05) is 36.4 Å². The Labute approximate surface area is 169 Å². The molecular formula is C21H22N2O5S. The number of hydrogen-bond acceptors (Lipinski definition) is 5. The Morgan fingerprint density at radius 2 is 1.69 bits per heavy atom. The second kappa shape index (κ2) is 9.51. The Morgan fingerprint density at radius 3 is 2.45 bits per heavy atom. The van der Waals surface area contributed by atoms with Crippen molar-refractivity contribution in [3.8, 4) is 5.75 Å². The van der Waals surface area contributed by atoms with Gasteiger partial charge in [-0.2, -0.15) is 0 Å². The molecule has 7 nitrogen and oxygen atoms in total. The topological polar surface area (TPSA) is 93.7 Å². The predicted molar refractivity (Wildman–Crippen MR) is 112 cm³/mol. The van der Waals surface area contributed by atoms with Gasteiger partial charge in [-0.15, -0.1) is 0 Å². The minimum absolute atomic E-state index is 0.112. The predicted octanol–water partition coefficient (Wildman–Crippen LogP) is 2.78. The first-order valence-electron chi connectivity index (χ1n) is 8.99. The van der Waals surface area contributed by atoms with Crippen molar-refractivity contribution in [3.05, 3.63) is 66.7 Å². The summed E-state index contributed by atoms with van der Waals surface area (Å²) >= 11 is 0. The molecule has 3 aromatic carbocycles. The third-order valence-corrected chi connectivity index (χ3v) is 5.64. The van der Waals surface area contributed by atoms with Gasteiger partial charge in [0.05, 0.1) is 11.5 Å². The number of methoxy groups -OCH3 is 1. The fourth-order valence-corrected chi connectivity index (χ4v) is 3.76. The molecule has 0 aliphatic rings. The van der Waals surface area contributed by atoms with Crippen LogP contribution in [-0.2, 0) is 19.6 Å². The standard InChI is InChI=1S/C21H22N2O5S/c1-27-14-13-22-29(25,26)18-11-9-17(10-12-18)28-15-21(24)23-20-8-4-6-16-5-2-3-7-19(16)20/h2-12,22H,13-15H2,1H3,(H,23,24). The van der Waals surface area contributed by atoms with E-state index >= 15 is 0 Å². The Morgan fingerprint density at radius 1 is 0.966 bits per heavy atom. The molecule has 8 heteroatoms. The molecule has 0 heterocycles. The van der Waals surface area contributed by atoms with E-state index in [1.54, 1.807) is 0 Å². The molecule has 29 heavy (non-hydrogen) atoms. The number of rotatable bonds is 9. The molecule has 0 saturated heterocycles. The van der Waals surface area contributed by atoms with Crippen LogP contribution in [0, 0.1) is 0 Å². The molecular weight excluding hydrogens is 392 g/mol. The first-order valence-corrected chi connectivity index (χ1v) is 10.5. The first-order chi connectivity index (χ1) is 14.0. The van der Waals surface area contributed by atoms with Crippen LogP contribution in [0.4, 0.5) is 5.69 Å². The summed E-state index contributed by atoms with van der Waals surface area (Å²) in [6, 6.07) is 19.3. The summed E-state index contributed by atoms with van der Waals surface area (Å²) in [6.07, 6.45) is 0. The molecule has 2 N–H and O–H groups in total. The van der Waals surface area contributed by atoms with Crippen molar-refractivity contribution in [2.24, 2.45) is 0 Å². The second-order valence-electron chi connectivity index (χ2n) is 6.23. The maximum atomic E-state index is 12.2. The average Bonchev–Trinajstić information content (AvgIpc) is 2.73. The lowest BCUT2D eigenvalue weighted by Crippen LogP contribution is -2.27. The van der Waals surface area contributed by atoms with E-state index in [4.69, 9.17) is 9.47 Å². The van der Waals surface area contributed by atoms with Crippen LogP contribution in [0.15, 0.2) is 71.6 Å². The highest BCUT2D eigenvalue weighted by atomic mass is 32.2. The smallest absolute Gasteiger partial charge is 0.262 e. The van der Waals surface area contributed by atoms with Crippen molar-refractivity contribution in [1.82, 2.24) is 4.72 Å². The summed E-state index contributed by atoms with van der Waals surface area (Å²) in [5, 5.41) is 4.81. The zero-order chi connectivity index (χ0) is 20.7. The van der Waals surface area contributed by atoms with Gasteiger partial charge in [0.15, 0.2) is 6.61 Å². The number of nitrogens with one attached hydrogen (secondary N) is 2. The van der Waals surface area contributed by atoms with E-state index in [1.165, 1.54) is 31.4 Å². The molecule has 0 spiro atoms. The molecule has 0 unspecified atom stereocenters. The Bertz CT molecular complexity index is 1080. The molecule has 0 aliphatic heterocycles. The highest BCUT2D eigenvalue weighted by Gasteiger charge is 2.13. The number of hydrogen-bond donors (Lipinski definition) is 2. The van der Waals surface area contributed by atoms with Gasteiger partial charge in [0.25, 0.3) is 5.91 Å². The van der Waals surface area contributed by atoms with Crippen LogP contribution in [-0.4, -0.2) is 41.2 Å². The number of sulfonamides is 1. The fraction of sp³-hybridized carbons (Fsp3) is 0.190. The third-order valence-electron chi connectivity index (χ3n) is 4.17. The molecule has 0 saturated carbocycles. The van der Waals surface area contributed by atoms with E-state index < -0.39 is 10.0 Å². The average molecular weight is 414 g/mol. The summed E-state index contributed by atoms with van der Waals surface area (Å²) in [7, 11) is -2.11. The maximum Gasteiger partial charge on any atom is 0.262 e. The zero-order valence-corrected chi connectivity index (χ0v) is 16.7. The van der Waals surface area contributed by atoms with Crippen molar-refractivity contribution in [1.29, 1.82) is 0 Å². The monoisotopic (exact) mass is 414 g/mol. The van der Waals surface area contributed by atoms with Gasteiger partial charge in [-0.25, -0.2) is 13.1 Å². The van der Waals surface area contributed by atoms with Crippen molar-refractivity contribution in [3.63, 3.8) is 0 Å². The minimum Gasteiger partial charge on any atom is -0.484 e. The third kappa shape index (κ3) is 5.54. The van der Waals surface area contributed by atoms with Gasteiger partial charge in [0, 0.05) is 24.7 Å². The molecule has 0 radical (unpaired) electrons. The number of carbonyl (C=O) groups excluding carboxylic acids is 1. The highest BCUT2D eigenvalue weighted by molar-refractivity contribution is 7.89. The number of amides is 1. The Balaban J connectivity index is 1.58. The molecule has 0 fully saturated rings. The summed E-state index contributed by atoms with van der Waals surface area (Å²) < 4.78 is 37.0. The zero-order valence-electron chi connectivity index (χ0n) is 15.9. The molecule has 0 bridgehead atoms. The molecule has 3 aromatic rings. The molecule has 0 atom stereocenters. The van der Waals surface area contributed by atoms with Gasteiger partial charge >= 0.3 is 0 Å². The van der Waals surface area contributed by atoms with Gasteiger partial charge in [0.1, 0.15) is 5.75 Å². The van der Waals surface area contributed by atoms with Gasteiger partial charge in [-0.3, -0.25) is 4.79 Å². The van der Waals surface area contributed by atoms with E-state index in [-0.39, 0.29) is 30.6 Å². The normalized spacial score (nSPS) is 11.3. The maximum absolute atomic E-state index is 12.2. The van der Waals surface area contributed by atoms with Crippen molar-refractivity contribution >= 4 is 32.4 Å². The lowest BCUT2D eigenvalue weighted by Gasteiger charge is -2.10. The number of fused-ring (bicyclic) bond motifs is 1. The van der Waals surface area contributed by atoms with E-state index in [1.807, 2.05) is 42.5 Å². The van der Waals surface area contributed by atoms with Gasteiger partial charge in [0.2, 0.25) is 10.0 Å². The summed E-state index contributed by atoms with van der Waals surface area (Å²) in [5.74, 6) is 0.0909. The minimum atomic E-state index is -3.61. The van der Waals surface area contributed by atoms with E-state index in [2.05, 4.69) is 10.0 Å². The van der Waals surface area contributed by atoms with Crippen molar-refractivity contribution < 1.29 is 22.7 Å². The molecule has 0 aromatic heterocycles. The fourth-order valence-electron chi connectivity index (χ4n) is 2.75. The lowest BCUT2D eigenvalue weighted by molar-refractivity contribution is -0.118. The largest absolute Gasteiger partial charge is 0.484 e. The number of anilines is 1. The summed E-state index contributed by atoms with van der Waals surface area (Å²) in [5.41, 5.74) is 0.709. The number of carbonyl (C=O) groups is 1. The Kier molecular flexibility index (Phi) is 6.82. The van der Waals surface area contributed by atoms with Crippen molar-refractivity contribution in [2.75, 3.05) is 32.2 Å². The van der Waals surface area contributed by atoms with Crippen LogP contribution < -0.4 is 14.8 Å². The highest BCUT2D eigenvalue weighted by Crippen LogP contribution is 2.23. The summed E-state index contributed by atoms with van der Waals surface area (Å²) in [4.78, 5) is 12.4. The van der Waals surface area contributed by atoms with Gasteiger partial charge in [-0.05, 0) is 35.7 Å². The number of benzene rings is 3. The molecule has 1 amide bonds. The van der Waals surface area contributed by atoms with Crippen LogP contribution in [0.5, 0.6) is 5.75 Å². The SMILES string of the molecule is COCCNS(=O)(=O)c1ccc(OCC(=O)Nc2cccc3ccccc23)cc1.